The number of piperazine rings is 1. The van der Waals surface area contributed by atoms with Gasteiger partial charge in [-0.1, -0.05) is 12.1 Å². The van der Waals surface area contributed by atoms with E-state index in [0.29, 0.717) is 5.56 Å². The summed E-state index contributed by atoms with van der Waals surface area (Å²) in [5.41, 5.74) is 1.51. The molecule has 2 aliphatic rings. The van der Waals surface area contributed by atoms with E-state index in [0.717, 1.165) is 55.5 Å². The first-order chi connectivity index (χ1) is 13.2. The van der Waals surface area contributed by atoms with E-state index < -0.39 is 0 Å². The fourth-order valence-corrected chi connectivity index (χ4v) is 4.52. The Morgan fingerprint density at radius 1 is 1.19 bits per heavy atom. The zero-order valence-electron chi connectivity index (χ0n) is 15.0. The molecule has 138 valence electrons. The lowest BCUT2D eigenvalue weighted by atomic mass is 10.2. The number of carbonyl (C=O) groups is 1. The summed E-state index contributed by atoms with van der Waals surface area (Å²) < 4.78 is 0. The summed E-state index contributed by atoms with van der Waals surface area (Å²) in [6.07, 6.45) is 2.47. The molecule has 1 atom stereocenters. The van der Waals surface area contributed by atoms with Crippen LogP contribution in [0.3, 0.4) is 0 Å². The number of para-hydroxylation sites is 1. The summed E-state index contributed by atoms with van der Waals surface area (Å²) in [6.45, 7) is 4.65. The fourth-order valence-electron chi connectivity index (χ4n) is 3.42. The van der Waals surface area contributed by atoms with Crippen LogP contribution in [0.15, 0.2) is 47.5 Å². The van der Waals surface area contributed by atoms with Gasteiger partial charge in [-0.05, 0) is 37.2 Å². The van der Waals surface area contributed by atoms with Crippen LogP contribution in [0.25, 0.3) is 0 Å². The van der Waals surface area contributed by atoms with Gasteiger partial charge in [0.1, 0.15) is 11.9 Å². The first-order valence-electron chi connectivity index (χ1n) is 9.13. The van der Waals surface area contributed by atoms with Crippen LogP contribution in [0.5, 0.6) is 0 Å². The smallest absolute Gasteiger partial charge is 0.237 e. The molecule has 0 bridgehead atoms. The van der Waals surface area contributed by atoms with E-state index in [9.17, 15) is 4.79 Å². The van der Waals surface area contributed by atoms with E-state index in [1.807, 2.05) is 30.3 Å². The zero-order valence-corrected chi connectivity index (χ0v) is 15.8. The van der Waals surface area contributed by atoms with Crippen LogP contribution in [0.1, 0.15) is 12.0 Å². The Morgan fingerprint density at radius 3 is 2.74 bits per heavy atom. The maximum atomic E-state index is 12.3. The van der Waals surface area contributed by atoms with Gasteiger partial charge in [0.15, 0.2) is 0 Å². The fraction of sp³-hybridized carbons (Fsp3) is 0.350. The molecular formula is C20H21N5OS. The Kier molecular flexibility index (Phi) is 5.28. The Labute approximate surface area is 163 Å². The van der Waals surface area contributed by atoms with Crippen molar-refractivity contribution in [1.82, 2.24) is 9.88 Å². The first kappa shape index (κ1) is 17.8. The Bertz CT molecular complexity index is 855. The Balaban J connectivity index is 1.27. The SMILES string of the molecule is N#Cc1ccc(N2CCN(CCC3Sc4ccccc4NC3=O)CC2)nc1. The van der Waals surface area contributed by atoms with Crippen LogP contribution in [0.2, 0.25) is 0 Å². The summed E-state index contributed by atoms with van der Waals surface area (Å²) in [5, 5.41) is 11.9. The molecule has 6 nitrogen and oxygen atoms in total. The molecule has 0 spiro atoms. The summed E-state index contributed by atoms with van der Waals surface area (Å²) in [4.78, 5) is 22.5. The van der Waals surface area contributed by atoms with E-state index in [4.69, 9.17) is 5.26 Å². The van der Waals surface area contributed by atoms with Gasteiger partial charge in [-0.3, -0.25) is 9.69 Å². The Morgan fingerprint density at radius 2 is 2.00 bits per heavy atom. The number of amides is 1. The third-order valence-corrected chi connectivity index (χ3v) is 6.33. The molecule has 1 amide bonds. The van der Waals surface area contributed by atoms with Crippen molar-refractivity contribution in [3.63, 3.8) is 0 Å². The minimum Gasteiger partial charge on any atom is -0.354 e. The van der Waals surface area contributed by atoms with Gasteiger partial charge in [-0.15, -0.1) is 11.8 Å². The number of fused-ring (bicyclic) bond motifs is 1. The molecule has 1 aromatic carbocycles. The van der Waals surface area contributed by atoms with Gasteiger partial charge in [-0.2, -0.15) is 5.26 Å². The number of pyridine rings is 1. The maximum absolute atomic E-state index is 12.3. The van der Waals surface area contributed by atoms with Gasteiger partial charge >= 0.3 is 0 Å². The van der Waals surface area contributed by atoms with Crippen molar-refractivity contribution in [3.8, 4) is 6.07 Å². The summed E-state index contributed by atoms with van der Waals surface area (Å²) in [6, 6.07) is 13.8. The van der Waals surface area contributed by atoms with E-state index in [2.05, 4.69) is 32.2 Å². The number of aromatic nitrogens is 1. The lowest BCUT2D eigenvalue weighted by Gasteiger charge is -2.36. The molecule has 2 aliphatic heterocycles. The highest BCUT2D eigenvalue weighted by Crippen LogP contribution is 2.36. The van der Waals surface area contributed by atoms with Crippen LogP contribution in [0, 0.1) is 11.3 Å². The molecule has 0 aliphatic carbocycles. The van der Waals surface area contributed by atoms with Gasteiger partial charge in [0.05, 0.1) is 16.5 Å². The Hall–Kier alpha value is -2.56. The van der Waals surface area contributed by atoms with Crippen LogP contribution in [-0.4, -0.2) is 53.8 Å². The molecule has 27 heavy (non-hydrogen) atoms. The average Bonchev–Trinajstić information content (AvgIpc) is 2.73. The number of rotatable bonds is 4. The van der Waals surface area contributed by atoms with Crippen molar-refractivity contribution in [2.45, 2.75) is 16.6 Å². The molecule has 7 heteroatoms. The highest BCUT2D eigenvalue weighted by Gasteiger charge is 2.27. The van der Waals surface area contributed by atoms with Crippen molar-refractivity contribution in [2.75, 3.05) is 42.9 Å². The highest BCUT2D eigenvalue weighted by atomic mass is 32.2. The topological polar surface area (TPSA) is 72.3 Å². The third-order valence-electron chi connectivity index (χ3n) is 4.99. The molecular weight excluding hydrogens is 358 g/mol. The third kappa shape index (κ3) is 4.07. The predicted molar refractivity (Wildman–Crippen MR) is 107 cm³/mol. The number of hydrogen-bond acceptors (Lipinski definition) is 6. The van der Waals surface area contributed by atoms with Crippen molar-refractivity contribution in [1.29, 1.82) is 5.26 Å². The number of thioether (sulfide) groups is 1. The van der Waals surface area contributed by atoms with E-state index in [1.54, 1.807) is 18.0 Å². The molecule has 0 radical (unpaired) electrons. The van der Waals surface area contributed by atoms with Gasteiger partial charge in [-0.25, -0.2) is 4.98 Å². The minimum absolute atomic E-state index is 0.0295. The molecule has 1 unspecified atom stereocenters. The average molecular weight is 379 g/mol. The molecule has 1 aromatic heterocycles. The van der Waals surface area contributed by atoms with Crippen molar-refractivity contribution >= 4 is 29.2 Å². The second-order valence-corrected chi connectivity index (χ2v) is 7.97. The molecule has 4 rings (SSSR count). The molecule has 1 N–H and O–H groups in total. The number of anilines is 2. The van der Waals surface area contributed by atoms with Crippen molar-refractivity contribution in [3.05, 3.63) is 48.2 Å². The number of hydrogen-bond donors (Lipinski definition) is 1. The van der Waals surface area contributed by atoms with E-state index in [1.165, 1.54) is 0 Å². The second-order valence-electron chi connectivity index (χ2n) is 6.73. The number of nitrogens with zero attached hydrogens (tertiary/aromatic N) is 4. The van der Waals surface area contributed by atoms with Gasteiger partial charge < -0.3 is 10.2 Å². The van der Waals surface area contributed by atoms with Gasteiger partial charge in [0.2, 0.25) is 5.91 Å². The lowest BCUT2D eigenvalue weighted by Crippen LogP contribution is -2.47. The second kappa shape index (κ2) is 7.99. The monoisotopic (exact) mass is 379 g/mol. The van der Waals surface area contributed by atoms with E-state index >= 15 is 0 Å². The zero-order chi connectivity index (χ0) is 18.6. The first-order valence-corrected chi connectivity index (χ1v) is 10.0. The van der Waals surface area contributed by atoms with Crippen LogP contribution in [0.4, 0.5) is 11.5 Å². The van der Waals surface area contributed by atoms with Crippen LogP contribution >= 0.6 is 11.8 Å². The predicted octanol–water partition coefficient (Wildman–Crippen LogP) is 2.58. The largest absolute Gasteiger partial charge is 0.354 e. The molecule has 1 saturated heterocycles. The molecule has 3 heterocycles. The summed E-state index contributed by atoms with van der Waals surface area (Å²) in [7, 11) is 0. The summed E-state index contributed by atoms with van der Waals surface area (Å²) >= 11 is 1.67. The highest BCUT2D eigenvalue weighted by molar-refractivity contribution is 8.01. The number of benzene rings is 1. The summed E-state index contributed by atoms with van der Waals surface area (Å²) in [5.74, 6) is 1.03. The molecule has 0 saturated carbocycles. The lowest BCUT2D eigenvalue weighted by molar-refractivity contribution is -0.116. The van der Waals surface area contributed by atoms with Crippen LogP contribution in [-0.2, 0) is 4.79 Å². The van der Waals surface area contributed by atoms with Gasteiger partial charge in [0, 0.05) is 37.3 Å². The normalized spacial score (nSPS) is 19.9. The van der Waals surface area contributed by atoms with Crippen LogP contribution < -0.4 is 10.2 Å². The van der Waals surface area contributed by atoms with Crippen molar-refractivity contribution < 1.29 is 4.79 Å². The molecule has 1 fully saturated rings. The molecule has 2 aromatic rings. The number of nitriles is 1. The van der Waals surface area contributed by atoms with E-state index in [-0.39, 0.29) is 11.2 Å². The number of carbonyl (C=O) groups excluding carboxylic acids is 1. The number of nitrogens with one attached hydrogen (secondary N) is 1. The van der Waals surface area contributed by atoms with Crippen molar-refractivity contribution in [2.24, 2.45) is 0 Å². The van der Waals surface area contributed by atoms with Gasteiger partial charge in [0.25, 0.3) is 0 Å². The minimum atomic E-state index is -0.0295. The quantitative estimate of drug-likeness (QED) is 0.880. The maximum Gasteiger partial charge on any atom is 0.237 e. The standard InChI is InChI=1S/C20H21N5OS/c21-13-15-5-6-19(22-14-15)25-11-9-24(10-12-25)8-7-18-20(26)23-16-3-1-2-4-17(16)27-18/h1-6,14,18H,7-12H2,(H,23,26).